The van der Waals surface area contributed by atoms with Gasteiger partial charge in [-0.25, -0.2) is 8.42 Å². The lowest BCUT2D eigenvalue weighted by Gasteiger charge is -2.34. The van der Waals surface area contributed by atoms with Gasteiger partial charge in [-0.2, -0.15) is 0 Å². The maximum atomic E-state index is 12.8. The molecule has 1 aromatic rings. The van der Waals surface area contributed by atoms with Crippen LogP contribution in [0.25, 0.3) is 0 Å². The number of amides is 1. The van der Waals surface area contributed by atoms with E-state index in [1.807, 2.05) is 13.0 Å². The average molecular weight is 367 g/mol. The van der Waals surface area contributed by atoms with E-state index >= 15 is 0 Å². The lowest BCUT2D eigenvalue weighted by molar-refractivity contribution is -0.130. The predicted octanol–water partition coefficient (Wildman–Crippen LogP) is 1.23. The Morgan fingerprint density at radius 1 is 1.36 bits per heavy atom. The van der Waals surface area contributed by atoms with E-state index in [-0.39, 0.29) is 18.2 Å². The van der Waals surface area contributed by atoms with Gasteiger partial charge in [0.1, 0.15) is 0 Å². The molecule has 1 amide bonds. The Bertz CT molecular complexity index is 757. The lowest BCUT2D eigenvalue weighted by Crippen LogP contribution is -2.46. The van der Waals surface area contributed by atoms with Crippen LogP contribution in [0, 0.1) is 12.3 Å². The number of hydrogen-bond acceptors (Lipinski definition) is 5. The molecule has 1 aromatic carbocycles. The fraction of sp³-hybridized carbons (Fsp3) is 0.588. The van der Waals surface area contributed by atoms with Gasteiger partial charge >= 0.3 is 0 Å². The molecule has 2 fully saturated rings. The Labute approximate surface area is 148 Å². The van der Waals surface area contributed by atoms with Crippen LogP contribution in [-0.4, -0.2) is 46.4 Å². The van der Waals surface area contributed by atoms with Crippen LogP contribution in [0.3, 0.4) is 0 Å². The zero-order valence-corrected chi connectivity index (χ0v) is 15.3. The van der Waals surface area contributed by atoms with E-state index in [1.165, 1.54) is 4.31 Å². The van der Waals surface area contributed by atoms with Crippen molar-refractivity contribution >= 4 is 27.3 Å². The minimum absolute atomic E-state index is 0.127. The minimum atomic E-state index is -3.26. The highest BCUT2D eigenvalue weighted by atomic mass is 32.2. The van der Waals surface area contributed by atoms with Crippen LogP contribution in [-0.2, 0) is 19.6 Å². The van der Waals surface area contributed by atoms with Crippen molar-refractivity contribution in [2.24, 2.45) is 11.1 Å². The van der Waals surface area contributed by atoms with Crippen molar-refractivity contribution in [2.75, 3.05) is 41.7 Å². The number of hydrogen-bond donors (Lipinski definition) is 2. The summed E-state index contributed by atoms with van der Waals surface area (Å²) in [6, 6.07) is 5.36. The van der Waals surface area contributed by atoms with Crippen LogP contribution in [0.2, 0.25) is 0 Å². The van der Waals surface area contributed by atoms with Gasteiger partial charge in [0.25, 0.3) is 0 Å². The molecule has 138 valence electrons. The fourth-order valence-electron chi connectivity index (χ4n) is 3.42. The number of sulfonamides is 1. The second-order valence-corrected chi connectivity index (χ2v) is 8.81. The molecule has 3 N–H and O–H groups in total. The first kappa shape index (κ1) is 18.2. The Kier molecular flexibility index (Phi) is 5.04. The van der Waals surface area contributed by atoms with Gasteiger partial charge in [-0.3, -0.25) is 9.10 Å². The fourth-order valence-corrected chi connectivity index (χ4v) is 5.03. The topological polar surface area (TPSA) is 102 Å². The highest BCUT2D eigenvalue weighted by molar-refractivity contribution is 7.93. The lowest BCUT2D eigenvalue weighted by atomic mass is 9.79. The molecular weight excluding hydrogens is 342 g/mol. The zero-order chi connectivity index (χ0) is 18.1. The standard InChI is InChI=1S/C17H25N3O4S/c1-13-3-4-14(11-15(13)20-7-2-10-25(20,22)23)19-16(21)17(12-18)5-8-24-9-6-17/h3-4,11H,2,5-10,12,18H2,1H3,(H,19,21). The number of nitrogens with one attached hydrogen (secondary N) is 1. The molecule has 0 bridgehead atoms. The van der Waals surface area contributed by atoms with Crippen LogP contribution in [0.15, 0.2) is 18.2 Å². The molecule has 2 saturated heterocycles. The van der Waals surface area contributed by atoms with E-state index in [4.69, 9.17) is 10.5 Å². The molecule has 0 unspecified atom stereocenters. The second kappa shape index (κ2) is 6.93. The van der Waals surface area contributed by atoms with Crippen LogP contribution >= 0.6 is 0 Å². The van der Waals surface area contributed by atoms with Crippen LogP contribution in [0.1, 0.15) is 24.8 Å². The van der Waals surface area contributed by atoms with E-state index in [9.17, 15) is 13.2 Å². The number of anilines is 2. The largest absolute Gasteiger partial charge is 0.381 e. The number of nitrogens with two attached hydrogens (primary N) is 1. The molecular formula is C17H25N3O4S. The molecule has 3 rings (SSSR count). The third-order valence-electron chi connectivity index (χ3n) is 5.16. The molecule has 25 heavy (non-hydrogen) atoms. The molecule has 0 saturated carbocycles. The van der Waals surface area contributed by atoms with Crippen molar-refractivity contribution in [3.8, 4) is 0 Å². The molecule has 2 aliphatic heterocycles. The van der Waals surface area contributed by atoms with E-state index in [0.717, 1.165) is 5.56 Å². The van der Waals surface area contributed by atoms with Crippen LogP contribution in [0.4, 0.5) is 11.4 Å². The Morgan fingerprint density at radius 3 is 2.68 bits per heavy atom. The number of carbonyl (C=O) groups is 1. The van der Waals surface area contributed by atoms with Gasteiger partial charge < -0.3 is 15.8 Å². The van der Waals surface area contributed by atoms with Gasteiger partial charge in [0.2, 0.25) is 15.9 Å². The van der Waals surface area contributed by atoms with Gasteiger partial charge in [0.05, 0.1) is 16.9 Å². The van der Waals surface area contributed by atoms with E-state index in [0.29, 0.717) is 50.4 Å². The van der Waals surface area contributed by atoms with Gasteiger partial charge in [0.15, 0.2) is 0 Å². The summed E-state index contributed by atoms with van der Waals surface area (Å²) in [5.74, 6) is 0.0386. The summed E-state index contributed by atoms with van der Waals surface area (Å²) in [5.41, 5.74) is 7.34. The third-order valence-corrected chi connectivity index (χ3v) is 7.01. The van der Waals surface area contributed by atoms with Crippen molar-refractivity contribution in [3.05, 3.63) is 23.8 Å². The van der Waals surface area contributed by atoms with Crippen molar-refractivity contribution < 1.29 is 17.9 Å². The second-order valence-electron chi connectivity index (χ2n) is 6.79. The van der Waals surface area contributed by atoms with E-state index in [2.05, 4.69) is 5.32 Å². The molecule has 0 aliphatic carbocycles. The maximum Gasteiger partial charge on any atom is 0.235 e. The smallest absolute Gasteiger partial charge is 0.235 e. The first-order chi connectivity index (χ1) is 11.9. The zero-order valence-electron chi connectivity index (χ0n) is 14.5. The van der Waals surface area contributed by atoms with Crippen molar-refractivity contribution in [1.29, 1.82) is 0 Å². The summed E-state index contributed by atoms with van der Waals surface area (Å²) < 4.78 is 31.2. The van der Waals surface area contributed by atoms with Gasteiger partial charge in [-0.15, -0.1) is 0 Å². The van der Waals surface area contributed by atoms with E-state index in [1.54, 1.807) is 12.1 Å². The number of ether oxygens (including phenoxy) is 1. The number of benzene rings is 1. The van der Waals surface area contributed by atoms with Crippen molar-refractivity contribution in [2.45, 2.75) is 26.2 Å². The first-order valence-corrected chi connectivity index (χ1v) is 10.2. The number of nitrogens with zero attached hydrogens (tertiary/aromatic N) is 1. The molecule has 7 nitrogen and oxygen atoms in total. The normalized spacial score (nSPS) is 21.9. The van der Waals surface area contributed by atoms with E-state index < -0.39 is 15.4 Å². The molecule has 0 spiro atoms. The summed E-state index contributed by atoms with van der Waals surface area (Å²) in [7, 11) is -3.26. The summed E-state index contributed by atoms with van der Waals surface area (Å²) in [4.78, 5) is 12.8. The Morgan fingerprint density at radius 2 is 2.08 bits per heavy atom. The minimum Gasteiger partial charge on any atom is -0.381 e. The third kappa shape index (κ3) is 3.51. The van der Waals surface area contributed by atoms with Crippen LogP contribution < -0.4 is 15.4 Å². The summed E-state index contributed by atoms with van der Waals surface area (Å²) in [6.45, 7) is 3.66. The predicted molar refractivity (Wildman–Crippen MR) is 97.1 cm³/mol. The highest BCUT2D eigenvalue weighted by Crippen LogP contribution is 2.33. The summed E-state index contributed by atoms with van der Waals surface area (Å²) in [6.07, 6.45) is 1.80. The average Bonchev–Trinajstić information content (AvgIpc) is 2.96. The monoisotopic (exact) mass is 367 g/mol. The molecule has 0 aromatic heterocycles. The van der Waals surface area contributed by atoms with Gasteiger partial charge in [0, 0.05) is 32.0 Å². The quantitative estimate of drug-likeness (QED) is 0.833. The molecule has 8 heteroatoms. The number of carbonyl (C=O) groups excluding carboxylic acids is 1. The molecule has 0 atom stereocenters. The Balaban J connectivity index is 1.84. The van der Waals surface area contributed by atoms with Gasteiger partial charge in [-0.05, 0) is 43.9 Å². The number of aryl methyl sites for hydroxylation is 1. The van der Waals surface area contributed by atoms with Crippen molar-refractivity contribution in [3.63, 3.8) is 0 Å². The Hall–Kier alpha value is -1.64. The highest BCUT2D eigenvalue weighted by Gasteiger charge is 2.39. The number of rotatable bonds is 4. The molecule has 2 heterocycles. The SMILES string of the molecule is Cc1ccc(NC(=O)C2(CN)CCOCC2)cc1N1CCCS1(=O)=O. The van der Waals surface area contributed by atoms with Crippen molar-refractivity contribution in [1.82, 2.24) is 0 Å². The summed E-state index contributed by atoms with van der Waals surface area (Å²) >= 11 is 0. The molecule has 0 radical (unpaired) electrons. The maximum absolute atomic E-state index is 12.8. The summed E-state index contributed by atoms with van der Waals surface area (Å²) in [5, 5.41) is 2.93. The van der Waals surface area contributed by atoms with Gasteiger partial charge in [-0.1, -0.05) is 6.07 Å². The first-order valence-electron chi connectivity index (χ1n) is 8.58. The van der Waals surface area contributed by atoms with Crippen LogP contribution in [0.5, 0.6) is 0 Å². The molecule has 2 aliphatic rings.